The van der Waals surface area contributed by atoms with Gasteiger partial charge in [0.15, 0.2) is 5.65 Å². The van der Waals surface area contributed by atoms with Crippen LogP contribution in [-0.2, 0) is 9.59 Å². The fourth-order valence-electron chi connectivity index (χ4n) is 4.28. The van der Waals surface area contributed by atoms with Gasteiger partial charge in [0.05, 0.1) is 5.69 Å². The number of carbonyl (C=O) groups is 2. The molecule has 4 aromatic rings. The van der Waals surface area contributed by atoms with E-state index in [9.17, 15) is 14.0 Å². The van der Waals surface area contributed by atoms with Crippen LogP contribution in [0.4, 0.5) is 4.39 Å². The van der Waals surface area contributed by atoms with Crippen LogP contribution in [0.1, 0.15) is 19.3 Å². The SMILES string of the molecule is Fc1ccc(-c2nn(-c3cccc(OCCN4CCCCC4)c3)c3ncccc23)cc1.O=C(O)/C=C\C(=O)O. The molecule has 0 bridgehead atoms. The van der Waals surface area contributed by atoms with Crippen molar-refractivity contribution < 1.29 is 28.9 Å². The molecule has 0 saturated carbocycles. The summed E-state index contributed by atoms with van der Waals surface area (Å²) < 4.78 is 21.3. The van der Waals surface area contributed by atoms with Gasteiger partial charge in [0.25, 0.3) is 0 Å². The van der Waals surface area contributed by atoms with Crippen molar-refractivity contribution in [1.29, 1.82) is 0 Å². The highest BCUT2D eigenvalue weighted by Gasteiger charge is 2.15. The maximum atomic E-state index is 13.4. The number of carboxylic acid groups (broad SMARTS) is 2. The Balaban J connectivity index is 0.000000386. The summed E-state index contributed by atoms with van der Waals surface area (Å²) in [5.74, 6) is -1.96. The Morgan fingerprint density at radius 1 is 0.949 bits per heavy atom. The summed E-state index contributed by atoms with van der Waals surface area (Å²) >= 11 is 0. The number of hydrogen-bond donors (Lipinski definition) is 2. The molecule has 2 N–H and O–H groups in total. The van der Waals surface area contributed by atoms with Gasteiger partial charge in [-0.15, -0.1) is 0 Å². The second kappa shape index (κ2) is 13.3. The van der Waals surface area contributed by atoms with Gasteiger partial charge in [0.1, 0.15) is 23.9 Å². The summed E-state index contributed by atoms with van der Waals surface area (Å²) in [6.45, 7) is 3.95. The van der Waals surface area contributed by atoms with Gasteiger partial charge < -0.3 is 14.9 Å². The van der Waals surface area contributed by atoms with E-state index >= 15 is 0 Å². The summed E-state index contributed by atoms with van der Waals surface area (Å²) in [4.78, 5) is 26.1. The molecule has 10 heteroatoms. The lowest BCUT2D eigenvalue weighted by Gasteiger charge is -2.26. The number of carboxylic acids is 2. The highest BCUT2D eigenvalue weighted by atomic mass is 19.1. The maximum absolute atomic E-state index is 13.4. The fourth-order valence-corrected chi connectivity index (χ4v) is 4.28. The standard InChI is InChI=1S/C25H25FN4O.C4H4O4/c26-20-11-9-19(10-12-20)24-23-8-5-13-27-25(23)30(28-24)21-6-4-7-22(18-21)31-17-16-29-14-2-1-3-15-29;5-3(6)1-2-4(7)8/h4-13,18H,1-3,14-17H2;1-2H,(H,5,6)(H,7,8)/b;2-1-. The van der Waals surface area contributed by atoms with E-state index in [1.54, 1.807) is 18.3 Å². The molecule has 0 unspecified atom stereocenters. The Labute approximate surface area is 224 Å². The van der Waals surface area contributed by atoms with Crippen LogP contribution in [0.2, 0.25) is 0 Å². The summed E-state index contributed by atoms with van der Waals surface area (Å²) in [7, 11) is 0. The van der Waals surface area contributed by atoms with Crippen molar-refractivity contribution in [2.75, 3.05) is 26.2 Å². The third kappa shape index (κ3) is 7.71. The van der Waals surface area contributed by atoms with Gasteiger partial charge in [-0.05, 0) is 74.5 Å². The minimum Gasteiger partial charge on any atom is -0.492 e. The molecule has 9 nitrogen and oxygen atoms in total. The lowest BCUT2D eigenvalue weighted by Crippen LogP contribution is -2.33. The van der Waals surface area contributed by atoms with E-state index in [1.165, 1.54) is 44.5 Å². The van der Waals surface area contributed by atoms with Crippen LogP contribution in [0.25, 0.3) is 28.0 Å². The number of benzene rings is 2. The van der Waals surface area contributed by atoms with Crippen molar-refractivity contribution in [2.45, 2.75) is 19.3 Å². The number of halogens is 1. The Kier molecular flexibility index (Phi) is 9.36. The van der Waals surface area contributed by atoms with E-state index in [2.05, 4.69) is 9.88 Å². The number of hydrogen-bond acceptors (Lipinski definition) is 6. The molecule has 1 saturated heterocycles. The van der Waals surface area contributed by atoms with Gasteiger partial charge in [-0.25, -0.2) is 23.6 Å². The number of likely N-dealkylation sites (tertiary alicyclic amines) is 1. The van der Waals surface area contributed by atoms with Gasteiger partial charge in [-0.1, -0.05) is 12.5 Å². The number of aromatic nitrogens is 3. The molecule has 0 radical (unpaired) electrons. The van der Waals surface area contributed by atoms with Crippen molar-refractivity contribution in [1.82, 2.24) is 19.7 Å². The molecule has 0 aliphatic carbocycles. The zero-order valence-electron chi connectivity index (χ0n) is 21.2. The summed E-state index contributed by atoms with van der Waals surface area (Å²) in [6.07, 6.45) is 6.78. The Bertz CT molecular complexity index is 1430. The molecule has 1 aliphatic rings. The molecule has 0 atom stereocenters. The Hall–Kier alpha value is -4.57. The lowest BCUT2D eigenvalue weighted by atomic mass is 10.1. The molecule has 2 aromatic carbocycles. The first-order valence-corrected chi connectivity index (χ1v) is 12.6. The number of pyridine rings is 1. The highest BCUT2D eigenvalue weighted by molar-refractivity contribution is 5.92. The number of piperidine rings is 1. The first-order valence-electron chi connectivity index (χ1n) is 12.6. The van der Waals surface area contributed by atoms with E-state index < -0.39 is 11.9 Å². The van der Waals surface area contributed by atoms with Gasteiger partial charge in [0.2, 0.25) is 0 Å². The number of nitrogens with zero attached hydrogens (tertiary/aromatic N) is 4. The number of rotatable bonds is 8. The summed E-state index contributed by atoms with van der Waals surface area (Å²) in [6, 6.07) is 18.2. The van der Waals surface area contributed by atoms with Gasteiger partial charge in [-0.3, -0.25) is 4.90 Å². The van der Waals surface area contributed by atoms with E-state index in [1.807, 2.05) is 41.1 Å². The maximum Gasteiger partial charge on any atom is 0.328 e. The normalized spacial score (nSPS) is 13.7. The van der Waals surface area contributed by atoms with Crippen LogP contribution in [0, 0.1) is 5.82 Å². The number of ether oxygens (including phenoxy) is 1. The quantitative estimate of drug-likeness (QED) is 0.311. The second-order valence-corrected chi connectivity index (χ2v) is 8.90. The molecule has 1 fully saturated rings. The van der Waals surface area contributed by atoms with Crippen LogP contribution < -0.4 is 4.74 Å². The molecule has 0 spiro atoms. The molecule has 0 amide bonds. The minimum absolute atomic E-state index is 0.264. The molecular weight excluding hydrogens is 503 g/mol. The largest absolute Gasteiger partial charge is 0.492 e. The molecule has 1 aliphatic heterocycles. The van der Waals surface area contributed by atoms with Crippen molar-refractivity contribution in [2.24, 2.45) is 0 Å². The first kappa shape index (κ1) is 27.5. The van der Waals surface area contributed by atoms with Crippen molar-refractivity contribution in [3.8, 4) is 22.7 Å². The van der Waals surface area contributed by atoms with Gasteiger partial charge in [-0.2, -0.15) is 5.10 Å². The van der Waals surface area contributed by atoms with E-state index in [4.69, 9.17) is 20.0 Å². The number of fused-ring (bicyclic) bond motifs is 1. The van der Waals surface area contributed by atoms with Gasteiger partial charge in [0, 0.05) is 41.9 Å². The Morgan fingerprint density at radius 2 is 1.67 bits per heavy atom. The fraction of sp³-hybridized carbons (Fsp3) is 0.241. The van der Waals surface area contributed by atoms with E-state index in [0.29, 0.717) is 18.8 Å². The molecule has 2 aromatic heterocycles. The van der Waals surface area contributed by atoms with Crippen molar-refractivity contribution in [3.63, 3.8) is 0 Å². The number of aliphatic carboxylic acids is 2. The first-order chi connectivity index (χ1) is 18.9. The van der Waals surface area contributed by atoms with Crippen LogP contribution >= 0.6 is 0 Å². The molecule has 5 rings (SSSR count). The third-order valence-electron chi connectivity index (χ3n) is 6.12. The zero-order chi connectivity index (χ0) is 27.6. The van der Waals surface area contributed by atoms with Crippen LogP contribution in [0.3, 0.4) is 0 Å². The Morgan fingerprint density at radius 3 is 2.36 bits per heavy atom. The average Bonchev–Trinajstić information content (AvgIpc) is 3.33. The summed E-state index contributed by atoms with van der Waals surface area (Å²) in [5, 5.41) is 21.4. The monoisotopic (exact) mass is 532 g/mol. The zero-order valence-corrected chi connectivity index (χ0v) is 21.2. The molecule has 202 valence electrons. The van der Waals surface area contributed by atoms with Crippen molar-refractivity contribution >= 4 is 23.0 Å². The van der Waals surface area contributed by atoms with E-state index in [-0.39, 0.29) is 5.82 Å². The minimum atomic E-state index is -1.26. The summed E-state index contributed by atoms with van der Waals surface area (Å²) in [5.41, 5.74) is 3.27. The molecule has 39 heavy (non-hydrogen) atoms. The average molecular weight is 533 g/mol. The predicted octanol–water partition coefficient (Wildman–Crippen LogP) is 4.80. The topological polar surface area (TPSA) is 118 Å². The lowest BCUT2D eigenvalue weighted by molar-refractivity contribution is -0.134. The predicted molar refractivity (Wildman–Crippen MR) is 144 cm³/mol. The molecule has 3 heterocycles. The van der Waals surface area contributed by atoms with Crippen LogP contribution in [0.5, 0.6) is 5.75 Å². The van der Waals surface area contributed by atoms with Crippen molar-refractivity contribution in [3.05, 3.63) is 84.8 Å². The second-order valence-electron chi connectivity index (χ2n) is 8.90. The van der Waals surface area contributed by atoms with Crippen LogP contribution in [-0.4, -0.2) is 68.1 Å². The van der Waals surface area contributed by atoms with Gasteiger partial charge >= 0.3 is 11.9 Å². The highest BCUT2D eigenvalue weighted by Crippen LogP contribution is 2.29. The smallest absolute Gasteiger partial charge is 0.328 e. The third-order valence-corrected chi connectivity index (χ3v) is 6.12. The van der Waals surface area contributed by atoms with Crippen LogP contribution in [0.15, 0.2) is 79.0 Å². The van der Waals surface area contributed by atoms with E-state index in [0.717, 1.165) is 40.3 Å². The molecular formula is C29H29FN4O5.